The number of nitro groups is 1. The van der Waals surface area contributed by atoms with Crippen molar-refractivity contribution in [1.82, 2.24) is 9.78 Å². The summed E-state index contributed by atoms with van der Waals surface area (Å²) in [7, 11) is 0. The lowest BCUT2D eigenvalue weighted by atomic mass is 10.2. The van der Waals surface area contributed by atoms with Crippen LogP contribution in [0.5, 0.6) is 5.88 Å². The van der Waals surface area contributed by atoms with Crippen molar-refractivity contribution in [1.29, 1.82) is 0 Å². The van der Waals surface area contributed by atoms with Gasteiger partial charge in [-0.2, -0.15) is 9.78 Å². The van der Waals surface area contributed by atoms with Gasteiger partial charge in [-0.3, -0.25) is 10.1 Å². The van der Waals surface area contributed by atoms with E-state index in [1.54, 1.807) is 18.2 Å². The molecule has 1 aromatic heterocycles. The van der Waals surface area contributed by atoms with E-state index >= 15 is 0 Å². The van der Waals surface area contributed by atoms with Crippen LogP contribution in [0, 0.1) is 46.1 Å². The molecule has 0 fully saturated rings. The molecule has 7 nitrogen and oxygen atoms in total. The average molecular weight is 556 g/mol. The number of hydrogen-bond acceptors (Lipinski definition) is 6. The highest BCUT2D eigenvalue weighted by atomic mass is 35.5. The summed E-state index contributed by atoms with van der Waals surface area (Å²) >= 11 is 6.11. The molecule has 4 aromatic rings. The number of para-hydroxylation sites is 1. The second-order valence-corrected chi connectivity index (χ2v) is 8.71. The maximum absolute atomic E-state index is 14.4. The lowest BCUT2D eigenvalue weighted by molar-refractivity contribution is -0.384. The highest BCUT2D eigenvalue weighted by Crippen LogP contribution is 2.43. The molecule has 0 aliphatic rings. The Morgan fingerprint density at radius 2 is 1.57 bits per heavy atom. The fraction of sp³-hybridized carbons (Fsp3) is 0.0435. The van der Waals surface area contributed by atoms with Gasteiger partial charge in [0.2, 0.25) is 11.7 Å². The third kappa shape index (κ3) is 4.87. The van der Waals surface area contributed by atoms with Gasteiger partial charge in [-0.15, -0.1) is 0 Å². The Bertz CT molecular complexity index is 1540. The van der Waals surface area contributed by atoms with Crippen molar-refractivity contribution in [3.05, 3.63) is 104 Å². The molecule has 1 heterocycles. The van der Waals surface area contributed by atoms with Crippen LogP contribution in [0.3, 0.4) is 0 Å². The zero-order valence-electron chi connectivity index (χ0n) is 18.3. The predicted octanol–water partition coefficient (Wildman–Crippen LogP) is 6.81. The topological polar surface area (TPSA) is 87.3 Å². The van der Waals surface area contributed by atoms with Gasteiger partial charge in [0.05, 0.1) is 36.7 Å². The maximum atomic E-state index is 14.4. The quantitative estimate of drug-likeness (QED) is 0.0649. The molecule has 37 heavy (non-hydrogen) atoms. The molecule has 0 bridgehead atoms. The number of carbonyl (C=O) groups is 1. The van der Waals surface area contributed by atoms with Crippen LogP contribution in [-0.4, -0.2) is 20.7 Å². The summed E-state index contributed by atoms with van der Waals surface area (Å²) in [5.41, 5.74) is -0.574. The molecule has 0 unspecified atom stereocenters. The Hall–Kier alpha value is -3.97. The summed E-state index contributed by atoms with van der Waals surface area (Å²) in [4.78, 5) is 21.8. The molecule has 0 aliphatic heterocycles. The van der Waals surface area contributed by atoms with Gasteiger partial charge in [0, 0.05) is 12.1 Å². The molecule has 3 aromatic carbocycles. The van der Waals surface area contributed by atoms with E-state index in [1.165, 1.54) is 19.1 Å². The van der Waals surface area contributed by atoms with Gasteiger partial charge in [-0.25, -0.2) is 26.7 Å². The van der Waals surface area contributed by atoms with E-state index in [4.69, 9.17) is 16.3 Å². The molecular weight excluding hydrogens is 545 g/mol. The lowest BCUT2D eigenvalue weighted by Gasteiger charge is -2.12. The highest BCUT2D eigenvalue weighted by Gasteiger charge is 2.30. The van der Waals surface area contributed by atoms with E-state index in [0.717, 1.165) is 22.9 Å². The molecule has 0 saturated carbocycles. The molecule has 14 heteroatoms. The number of nitrogens with zero attached hydrogens (tertiary/aromatic N) is 3. The van der Waals surface area contributed by atoms with Crippen molar-refractivity contribution < 1.29 is 36.4 Å². The standard InChI is InChI=1S/C23H11ClF5N3O4S/c1-10-20(37-21-18(28)16(26)15(25)17(27)19(21)29)22(31(30-10)11-5-3-2-4-6-11)36-23(33)13-9-12(32(34)35)7-8-14(13)24/h2-9H,1H3. The first kappa shape index (κ1) is 26.1. The van der Waals surface area contributed by atoms with E-state index in [2.05, 4.69) is 5.10 Å². The summed E-state index contributed by atoms with van der Waals surface area (Å²) in [6.45, 7) is 1.35. The van der Waals surface area contributed by atoms with Crippen molar-refractivity contribution in [2.24, 2.45) is 0 Å². The predicted molar refractivity (Wildman–Crippen MR) is 122 cm³/mol. The van der Waals surface area contributed by atoms with Crippen LogP contribution in [0.1, 0.15) is 16.1 Å². The SMILES string of the molecule is Cc1nn(-c2ccccc2)c(OC(=O)c2cc([N+](=O)[O-])ccc2Cl)c1Sc1c(F)c(F)c(F)c(F)c1F. The normalized spacial score (nSPS) is 11.0. The molecule has 0 saturated heterocycles. The van der Waals surface area contributed by atoms with Gasteiger partial charge in [0.25, 0.3) is 5.69 Å². The summed E-state index contributed by atoms with van der Waals surface area (Å²) in [5.74, 6) is -12.5. The minimum atomic E-state index is -2.33. The number of halogens is 6. The average Bonchev–Trinajstić information content (AvgIpc) is 3.19. The van der Waals surface area contributed by atoms with Crippen LogP contribution >= 0.6 is 23.4 Å². The number of hydrogen-bond donors (Lipinski definition) is 0. The minimum Gasteiger partial charge on any atom is -0.402 e. The fourth-order valence-corrected chi connectivity index (χ4v) is 4.31. The minimum absolute atomic E-state index is 0.00531. The number of aryl methyl sites for hydroxylation is 1. The van der Waals surface area contributed by atoms with Gasteiger partial charge in [0.15, 0.2) is 23.3 Å². The van der Waals surface area contributed by atoms with Crippen molar-refractivity contribution in [3.63, 3.8) is 0 Å². The Balaban J connectivity index is 1.87. The molecule has 0 N–H and O–H groups in total. The van der Waals surface area contributed by atoms with Crippen LogP contribution < -0.4 is 4.74 Å². The lowest BCUT2D eigenvalue weighted by Crippen LogP contribution is -2.13. The molecule has 0 radical (unpaired) electrons. The van der Waals surface area contributed by atoms with E-state index < -0.39 is 62.0 Å². The number of rotatable bonds is 6. The van der Waals surface area contributed by atoms with Crippen LogP contribution in [-0.2, 0) is 0 Å². The summed E-state index contributed by atoms with van der Waals surface area (Å²) in [6.07, 6.45) is 0. The Kier molecular flexibility index (Phi) is 7.18. The number of nitro benzene ring substituents is 1. The van der Waals surface area contributed by atoms with Gasteiger partial charge >= 0.3 is 5.97 Å². The maximum Gasteiger partial charge on any atom is 0.346 e. The third-order valence-corrected chi connectivity index (χ3v) is 6.48. The second-order valence-electron chi connectivity index (χ2n) is 7.28. The van der Waals surface area contributed by atoms with E-state index in [9.17, 15) is 36.9 Å². The van der Waals surface area contributed by atoms with Gasteiger partial charge in [-0.05, 0) is 25.1 Å². The van der Waals surface area contributed by atoms with Gasteiger partial charge in [0.1, 0.15) is 0 Å². The molecule has 4 rings (SSSR count). The van der Waals surface area contributed by atoms with E-state index in [-0.39, 0.29) is 27.4 Å². The molecular formula is C23H11ClF5N3O4S. The highest BCUT2D eigenvalue weighted by molar-refractivity contribution is 7.99. The Labute approximate surface area is 213 Å². The number of esters is 1. The Morgan fingerprint density at radius 1 is 0.973 bits per heavy atom. The molecule has 0 spiro atoms. The van der Waals surface area contributed by atoms with Gasteiger partial charge < -0.3 is 4.74 Å². The van der Waals surface area contributed by atoms with E-state index in [0.29, 0.717) is 5.69 Å². The number of ether oxygens (including phenoxy) is 1. The largest absolute Gasteiger partial charge is 0.402 e. The van der Waals surface area contributed by atoms with Crippen molar-refractivity contribution >= 4 is 35.0 Å². The number of benzene rings is 3. The molecule has 0 aliphatic carbocycles. The van der Waals surface area contributed by atoms with E-state index in [1.807, 2.05) is 0 Å². The molecule has 0 amide bonds. The fourth-order valence-electron chi connectivity index (χ4n) is 3.15. The number of aromatic nitrogens is 2. The number of carbonyl (C=O) groups excluding carboxylic acids is 1. The van der Waals surface area contributed by atoms with Gasteiger partial charge in [-0.1, -0.05) is 41.6 Å². The van der Waals surface area contributed by atoms with Crippen molar-refractivity contribution in [3.8, 4) is 11.6 Å². The second kappa shape index (κ2) is 10.2. The molecule has 190 valence electrons. The first-order valence-electron chi connectivity index (χ1n) is 10.0. The van der Waals surface area contributed by atoms with Crippen LogP contribution in [0.15, 0.2) is 58.3 Å². The van der Waals surface area contributed by atoms with Crippen molar-refractivity contribution in [2.45, 2.75) is 16.7 Å². The third-order valence-electron chi connectivity index (χ3n) is 4.91. The monoisotopic (exact) mass is 555 g/mol. The zero-order valence-corrected chi connectivity index (χ0v) is 19.8. The Morgan fingerprint density at radius 3 is 2.16 bits per heavy atom. The summed E-state index contributed by atoms with van der Waals surface area (Å²) in [6, 6.07) is 11.0. The van der Waals surface area contributed by atoms with Crippen LogP contribution in [0.25, 0.3) is 5.69 Å². The first-order valence-corrected chi connectivity index (χ1v) is 11.2. The number of non-ortho nitro benzene ring substituents is 1. The first-order chi connectivity index (χ1) is 17.5. The summed E-state index contributed by atoms with van der Waals surface area (Å²) < 4.78 is 76.5. The smallest absolute Gasteiger partial charge is 0.346 e. The van der Waals surface area contributed by atoms with Crippen LogP contribution in [0.2, 0.25) is 5.02 Å². The zero-order chi connectivity index (χ0) is 27.0. The molecule has 0 atom stereocenters. The summed E-state index contributed by atoms with van der Waals surface area (Å²) in [5, 5.41) is 15.1. The van der Waals surface area contributed by atoms with Crippen molar-refractivity contribution in [2.75, 3.05) is 0 Å². The van der Waals surface area contributed by atoms with Crippen LogP contribution in [0.4, 0.5) is 27.6 Å².